The molecule has 0 aliphatic carbocycles. The zero-order valence-corrected chi connectivity index (χ0v) is 15.5. The maximum Gasteiger partial charge on any atom is 0.412 e. The van der Waals surface area contributed by atoms with Gasteiger partial charge in [0.25, 0.3) is 0 Å². The quantitative estimate of drug-likeness (QED) is 0.840. The number of hydrogen-bond acceptors (Lipinski definition) is 3. The van der Waals surface area contributed by atoms with E-state index in [1.54, 1.807) is 30.3 Å². The van der Waals surface area contributed by atoms with E-state index in [-0.39, 0.29) is 5.82 Å². The molecule has 2 bridgehead atoms. The molecule has 1 amide bonds. The molecule has 4 rings (SSSR count). The molecule has 2 saturated heterocycles. The van der Waals surface area contributed by atoms with E-state index in [9.17, 15) is 9.18 Å². The molecule has 4 nitrogen and oxygen atoms in total. The van der Waals surface area contributed by atoms with Crippen LogP contribution in [0.15, 0.2) is 42.5 Å². The Morgan fingerprint density at radius 1 is 1.15 bits per heavy atom. The van der Waals surface area contributed by atoms with Crippen LogP contribution in [0.4, 0.5) is 9.18 Å². The van der Waals surface area contributed by atoms with Gasteiger partial charge in [0, 0.05) is 29.8 Å². The second-order valence-corrected chi connectivity index (χ2v) is 7.73. The highest BCUT2D eigenvalue weighted by atomic mass is 19.1. The molecule has 2 aromatic rings. The Bertz CT molecular complexity index is 827. The highest BCUT2D eigenvalue weighted by Gasteiger charge is 2.33. The first-order valence-electron chi connectivity index (χ1n) is 9.66. The first kappa shape index (κ1) is 18.0. The summed E-state index contributed by atoms with van der Waals surface area (Å²) in [7, 11) is 0. The molecule has 2 aliphatic rings. The zero-order chi connectivity index (χ0) is 18.8. The third-order valence-corrected chi connectivity index (χ3v) is 5.61. The number of nitrogens with one attached hydrogen (secondary N) is 2. The molecule has 0 radical (unpaired) electrons. The molecular weight excluding hydrogens is 343 g/mol. The standard InChI is InChI=1S/C22H25FN2O2/c1-14-6-9-19(18-4-2-3-5-20(18)23)21(10-14)27-22(26)24-13-15-11-16-7-8-17(12-15)25-16/h2-6,9-10,15-17,25H,7-8,11-13H2,1H3,(H,24,26). The Hall–Kier alpha value is -2.40. The number of aryl methyl sites for hydroxylation is 1. The Labute approximate surface area is 159 Å². The summed E-state index contributed by atoms with van der Waals surface area (Å²) in [4.78, 5) is 12.4. The maximum absolute atomic E-state index is 14.2. The average Bonchev–Trinajstić information content (AvgIpc) is 2.99. The van der Waals surface area contributed by atoms with Gasteiger partial charge < -0.3 is 15.4 Å². The van der Waals surface area contributed by atoms with Crippen molar-refractivity contribution in [2.24, 2.45) is 5.92 Å². The van der Waals surface area contributed by atoms with E-state index in [2.05, 4.69) is 10.6 Å². The first-order chi connectivity index (χ1) is 13.1. The van der Waals surface area contributed by atoms with Crippen LogP contribution in [0.1, 0.15) is 31.2 Å². The van der Waals surface area contributed by atoms with Crippen molar-refractivity contribution in [1.82, 2.24) is 10.6 Å². The fraction of sp³-hybridized carbons (Fsp3) is 0.409. The number of fused-ring (bicyclic) bond motifs is 2. The van der Waals surface area contributed by atoms with Crippen LogP contribution in [0.25, 0.3) is 11.1 Å². The van der Waals surface area contributed by atoms with Gasteiger partial charge in [0.15, 0.2) is 0 Å². The second-order valence-electron chi connectivity index (χ2n) is 7.73. The molecule has 2 atom stereocenters. The fourth-order valence-corrected chi connectivity index (χ4v) is 4.32. The summed E-state index contributed by atoms with van der Waals surface area (Å²) in [6.07, 6.45) is 4.19. The van der Waals surface area contributed by atoms with E-state index < -0.39 is 6.09 Å². The van der Waals surface area contributed by atoms with Crippen molar-refractivity contribution in [2.75, 3.05) is 6.54 Å². The minimum Gasteiger partial charge on any atom is -0.410 e. The molecule has 2 N–H and O–H groups in total. The number of hydrogen-bond donors (Lipinski definition) is 2. The normalized spacial score (nSPS) is 23.9. The number of ether oxygens (including phenoxy) is 1. The zero-order valence-electron chi connectivity index (χ0n) is 15.5. The first-order valence-corrected chi connectivity index (χ1v) is 9.66. The Kier molecular flexibility index (Phi) is 5.12. The lowest BCUT2D eigenvalue weighted by Gasteiger charge is -2.29. The number of rotatable bonds is 4. The second kappa shape index (κ2) is 7.69. The predicted octanol–water partition coefficient (Wildman–Crippen LogP) is 4.42. The van der Waals surface area contributed by atoms with Gasteiger partial charge in [0.1, 0.15) is 11.6 Å². The summed E-state index contributed by atoms with van der Waals surface area (Å²) in [5.74, 6) is 0.527. The Morgan fingerprint density at radius 3 is 2.63 bits per heavy atom. The summed E-state index contributed by atoms with van der Waals surface area (Å²) < 4.78 is 19.8. The lowest BCUT2D eigenvalue weighted by Crippen LogP contribution is -2.42. The SMILES string of the molecule is Cc1ccc(-c2ccccc2F)c(OC(=O)NCC2CC3CCC(C2)N3)c1. The minimum atomic E-state index is -0.482. The number of amides is 1. The lowest BCUT2D eigenvalue weighted by molar-refractivity contribution is 0.195. The van der Waals surface area contributed by atoms with Crippen molar-refractivity contribution >= 4 is 6.09 Å². The van der Waals surface area contributed by atoms with Gasteiger partial charge in [0.05, 0.1) is 0 Å². The van der Waals surface area contributed by atoms with Crippen molar-refractivity contribution in [3.8, 4) is 16.9 Å². The van der Waals surface area contributed by atoms with Crippen LogP contribution in [0.5, 0.6) is 5.75 Å². The maximum atomic E-state index is 14.2. The predicted molar refractivity (Wildman–Crippen MR) is 103 cm³/mol. The summed E-state index contributed by atoms with van der Waals surface area (Å²) in [5, 5.41) is 6.51. The van der Waals surface area contributed by atoms with Crippen LogP contribution in [-0.2, 0) is 0 Å². The summed E-state index contributed by atoms with van der Waals surface area (Å²) in [6, 6.07) is 13.1. The molecule has 0 aromatic heterocycles. The molecule has 142 valence electrons. The van der Waals surface area contributed by atoms with Crippen molar-refractivity contribution in [1.29, 1.82) is 0 Å². The van der Waals surface area contributed by atoms with Crippen molar-refractivity contribution < 1.29 is 13.9 Å². The summed E-state index contributed by atoms with van der Waals surface area (Å²) >= 11 is 0. The van der Waals surface area contributed by atoms with Gasteiger partial charge in [-0.3, -0.25) is 0 Å². The molecule has 2 unspecified atom stereocenters. The van der Waals surface area contributed by atoms with Crippen LogP contribution >= 0.6 is 0 Å². The van der Waals surface area contributed by atoms with Crippen LogP contribution < -0.4 is 15.4 Å². The van der Waals surface area contributed by atoms with E-state index in [0.29, 0.717) is 41.4 Å². The molecule has 5 heteroatoms. The lowest BCUT2D eigenvalue weighted by atomic mass is 9.92. The number of benzene rings is 2. The molecular formula is C22H25FN2O2. The van der Waals surface area contributed by atoms with Crippen LogP contribution in [0.3, 0.4) is 0 Å². The monoisotopic (exact) mass is 368 g/mol. The molecule has 0 saturated carbocycles. The van der Waals surface area contributed by atoms with Gasteiger partial charge in [-0.1, -0.05) is 30.3 Å². The van der Waals surface area contributed by atoms with Gasteiger partial charge in [-0.15, -0.1) is 0 Å². The Balaban J connectivity index is 1.43. The molecule has 2 aliphatic heterocycles. The van der Waals surface area contributed by atoms with E-state index >= 15 is 0 Å². The van der Waals surface area contributed by atoms with Crippen LogP contribution in [0.2, 0.25) is 0 Å². The highest BCUT2D eigenvalue weighted by Crippen LogP contribution is 2.33. The van der Waals surface area contributed by atoms with Gasteiger partial charge >= 0.3 is 6.09 Å². The molecule has 2 aromatic carbocycles. The molecule has 0 spiro atoms. The van der Waals surface area contributed by atoms with Gasteiger partial charge in [-0.25, -0.2) is 9.18 Å². The third kappa shape index (κ3) is 4.14. The highest BCUT2D eigenvalue weighted by molar-refractivity contribution is 5.77. The van der Waals surface area contributed by atoms with Crippen LogP contribution in [-0.4, -0.2) is 24.7 Å². The van der Waals surface area contributed by atoms with E-state index in [0.717, 1.165) is 18.4 Å². The van der Waals surface area contributed by atoms with Gasteiger partial charge in [0.2, 0.25) is 0 Å². The molecule has 27 heavy (non-hydrogen) atoms. The molecule has 2 heterocycles. The average molecular weight is 368 g/mol. The number of halogens is 1. The van der Waals surface area contributed by atoms with E-state index in [4.69, 9.17) is 4.74 Å². The van der Waals surface area contributed by atoms with E-state index in [1.165, 1.54) is 18.9 Å². The molecule has 2 fully saturated rings. The third-order valence-electron chi connectivity index (χ3n) is 5.61. The fourth-order valence-electron chi connectivity index (χ4n) is 4.32. The number of piperidine rings is 1. The topological polar surface area (TPSA) is 50.4 Å². The Morgan fingerprint density at radius 2 is 1.89 bits per heavy atom. The van der Waals surface area contributed by atoms with Crippen LogP contribution in [0, 0.1) is 18.7 Å². The van der Waals surface area contributed by atoms with Crippen molar-refractivity contribution in [3.05, 3.63) is 53.8 Å². The largest absolute Gasteiger partial charge is 0.412 e. The minimum absolute atomic E-state index is 0.336. The number of carbonyl (C=O) groups excluding carboxylic acids is 1. The van der Waals surface area contributed by atoms with Crippen molar-refractivity contribution in [3.63, 3.8) is 0 Å². The summed E-state index contributed by atoms with van der Waals surface area (Å²) in [6.45, 7) is 2.54. The van der Waals surface area contributed by atoms with Crippen molar-refractivity contribution in [2.45, 2.75) is 44.7 Å². The smallest absolute Gasteiger partial charge is 0.410 e. The van der Waals surface area contributed by atoms with Gasteiger partial charge in [-0.05, 0) is 56.2 Å². The number of carbonyl (C=O) groups is 1. The van der Waals surface area contributed by atoms with Gasteiger partial charge in [-0.2, -0.15) is 0 Å². The summed E-state index contributed by atoms with van der Waals surface area (Å²) in [5.41, 5.74) is 1.96. The van der Waals surface area contributed by atoms with E-state index in [1.807, 2.05) is 13.0 Å².